The molecule has 0 atom stereocenters. The molecule has 0 fully saturated rings. The van der Waals surface area contributed by atoms with Crippen molar-refractivity contribution in [3.63, 3.8) is 0 Å². The Morgan fingerprint density at radius 3 is 2.78 bits per heavy atom. The van der Waals surface area contributed by atoms with Gasteiger partial charge in [0.1, 0.15) is 0 Å². The number of hydrogen-bond donors (Lipinski definition) is 2. The van der Waals surface area contributed by atoms with Crippen molar-refractivity contribution in [1.82, 2.24) is 4.98 Å². The Morgan fingerprint density at radius 1 is 1.33 bits per heavy atom. The quantitative estimate of drug-likeness (QED) is 0.817. The lowest BCUT2D eigenvalue weighted by Gasteiger charge is -2.07. The predicted octanol–water partition coefficient (Wildman–Crippen LogP) is 2.88. The van der Waals surface area contributed by atoms with E-state index in [1.54, 1.807) is 36.5 Å². The van der Waals surface area contributed by atoms with Crippen LogP contribution in [-0.4, -0.2) is 10.9 Å². The summed E-state index contributed by atoms with van der Waals surface area (Å²) in [5.74, 6) is -0.207. The number of pyridine rings is 1. The van der Waals surface area contributed by atoms with Gasteiger partial charge in [-0.1, -0.05) is 11.6 Å². The molecule has 2 rings (SSSR count). The van der Waals surface area contributed by atoms with Gasteiger partial charge in [-0.3, -0.25) is 9.78 Å². The molecule has 92 valence electrons. The van der Waals surface area contributed by atoms with Gasteiger partial charge in [0.05, 0.1) is 10.7 Å². The fraction of sp³-hybridized carbons (Fsp3) is 0.0769. The van der Waals surface area contributed by atoms with E-state index in [9.17, 15) is 4.79 Å². The van der Waals surface area contributed by atoms with E-state index in [-0.39, 0.29) is 5.91 Å². The van der Waals surface area contributed by atoms with E-state index >= 15 is 0 Å². The van der Waals surface area contributed by atoms with Gasteiger partial charge in [0.2, 0.25) is 0 Å². The van der Waals surface area contributed by atoms with Gasteiger partial charge in [0, 0.05) is 23.1 Å². The molecule has 0 bridgehead atoms. The average Bonchev–Trinajstić information content (AvgIpc) is 2.34. The third-order valence-corrected chi connectivity index (χ3v) is 2.74. The highest BCUT2D eigenvalue weighted by atomic mass is 35.5. The van der Waals surface area contributed by atoms with Crippen LogP contribution in [0, 0.1) is 6.92 Å². The normalized spacial score (nSPS) is 10.1. The number of halogens is 1. The monoisotopic (exact) mass is 261 g/mol. The van der Waals surface area contributed by atoms with Gasteiger partial charge in [-0.05, 0) is 37.3 Å². The molecule has 0 aliphatic carbocycles. The van der Waals surface area contributed by atoms with Crippen molar-refractivity contribution in [1.29, 1.82) is 0 Å². The Kier molecular flexibility index (Phi) is 3.48. The molecular formula is C13H12ClN3O. The number of amides is 1. The van der Waals surface area contributed by atoms with Gasteiger partial charge in [-0.15, -0.1) is 0 Å². The highest BCUT2D eigenvalue weighted by Gasteiger charge is 2.07. The second-order valence-electron chi connectivity index (χ2n) is 3.88. The molecule has 0 saturated heterocycles. The van der Waals surface area contributed by atoms with Gasteiger partial charge in [-0.25, -0.2) is 0 Å². The summed E-state index contributed by atoms with van der Waals surface area (Å²) in [5.41, 5.74) is 8.02. The molecule has 0 aliphatic heterocycles. The molecule has 0 saturated carbocycles. The lowest BCUT2D eigenvalue weighted by Crippen LogP contribution is -2.12. The molecule has 18 heavy (non-hydrogen) atoms. The molecule has 0 aliphatic rings. The van der Waals surface area contributed by atoms with Crippen LogP contribution in [0.25, 0.3) is 0 Å². The Balaban J connectivity index is 2.18. The van der Waals surface area contributed by atoms with Crippen molar-refractivity contribution >= 4 is 28.9 Å². The average molecular weight is 262 g/mol. The van der Waals surface area contributed by atoms with Crippen molar-refractivity contribution in [2.45, 2.75) is 6.92 Å². The number of nitrogen functional groups attached to an aromatic ring is 1. The second-order valence-corrected chi connectivity index (χ2v) is 4.28. The summed E-state index contributed by atoms with van der Waals surface area (Å²) in [4.78, 5) is 16.0. The van der Waals surface area contributed by atoms with Gasteiger partial charge in [0.15, 0.2) is 0 Å². The van der Waals surface area contributed by atoms with Crippen molar-refractivity contribution in [3.8, 4) is 0 Å². The van der Waals surface area contributed by atoms with E-state index in [1.165, 1.54) is 0 Å². The third-order valence-electron chi connectivity index (χ3n) is 2.42. The van der Waals surface area contributed by atoms with Crippen LogP contribution in [0.4, 0.5) is 11.4 Å². The number of benzene rings is 1. The zero-order valence-electron chi connectivity index (χ0n) is 9.77. The van der Waals surface area contributed by atoms with Crippen molar-refractivity contribution in [2.75, 3.05) is 11.1 Å². The number of carbonyl (C=O) groups is 1. The lowest BCUT2D eigenvalue weighted by atomic mass is 10.2. The number of anilines is 2. The second kappa shape index (κ2) is 5.06. The minimum atomic E-state index is -0.207. The number of nitrogens with zero attached hydrogens (tertiary/aromatic N) is 1. The van der Waals surface area contributed by atoms with Gasteiger partial charge >= 0.3 is 0 Å². The maximum absolute atomic E-state index is 11.9. The van der Waals surface area contributed by atoms with Crippen LogP contribution in [0.1, 0.15) is 16.1 Å². The minimum absolute atomic E-state index is 0.207. The van der Waals surface area contributed by atoms with Gasteiger partial charge in [-0.2, -0.15) is 0 Å². The molecule has 0 radical (unpaired) electrons. The number of carbonyl (C=O) groups excluding carboxylic acids is 1. The first-order valence-electron chi connectivity index (χ1n) is 5.35. The van der Waals surface area contributed by atoms with Crippen LogP contribution in [0.15, 0.2) is 36.5 Å². The number of aromatic nitrogens is 1. The fourth-order valence-corrected chi connectivity index (χ4v) is 1.68. The first-order chi connectivity index (χ1) is 8.56. The number of nitrogens with one attached hydrogen (secondary N) is 1. The lowest BCUT2D eigenvalue weighted by molar-refractivity contribution is 0.102. The fourth-order valence-electron chi connectivity index (χ4n) is 1.49. The molecule has 3 N–H and O–H groups in total. The van der Waals surface area contributed by atoms with E-state index < -0.39 is 0 Å². The third kappa shape index (κ3) is 2.78. The molecule has 1 heterocycles. The first-order valence-corrected chi connectivity index (χ1v) is 5.73. The van der Waals surface area contributed by atoms with E-state index in [1.807, 2.05) is 6.92 Å². The zero-order valence-corrected chi connectivity index (χ0v) is 10.5. The smallest absolute Gasteiger partial charge is 0.255 e. The predicted molar refractivity (Wildman–Crippen MR) is 72.8 cm³/mol. The molecule has 5 heteroatoms. The summed E-state index contributed by atoms with van der Waals surface area (Å²) in [7, 11) is 0. The maximum Gasteiger partial charge on any atom is 0.255 e. The molecule has 0 spiro atoms. The largest absolute Gasteiger partial charge is 0.398 e. The Hall–Kier alpha value is -2.07. The van der Waals surface area contributed by atoms with E-state index in [0.29, 0.717) is 22.0 Å². The first kappa shape index (κ1) is 12.4. The Morgan fingerprint density at radius 2 is 2.11 bits per heavy atom. The maximum atomic E-state index is 11.9. The topological polar surface area (TPSA) is 68.0 Å². The molecule has 1 aromatic carbocycles. The molecule has 4 nitrogen and oxygen atoms in total. The van der Waals surface area contributed by atoms with Crippen molar-refractivity contribution in [3.05, 3.63) is 52.8 Å². The Labute approximate surface area is 110 Å². The summed E-state index contributed by atoms with van der Waals surface area (Å²) >= 11 is 5.88. The van der Waals surface area contributed by atoms with Gasteiger partial charge in [0.25, 0.3) is 5.91 Å². The molecular weight excluding hydrogens is 250 g/mol. The standard InChI is InChI=1S/C13H12ClN3O/c1-8-6-9(4-5-16-8)13(18)17-10-2-3-12(15)11(14)7-10/h2-7H,15H2,1H3,(H,17,18). The number of hydrogen-bond acceptors (Lipinski definition) is 3. The van der Waals surface area contributed by atoms with Crippen LogP contribution in [0.3, 0.4) is 0 Å². The highest BCUT2D eigenvalue weighted by molar-refractivity contribution is 6.33. The zero-order chi connectivity index (χ0) is 13.1. The summed E-state index contributed by atoms with van der Waals surface area (Å²) in [6.45, 7) is 1.83. The van der Waals surface area contributed by atoms with E-state index in [4.69, 9.17) is 17.3 Å². The summed E-state index contributed by atoms with van der Waals surface area (Å²) in [6, 6.07) is 8.33. The molecule has 1 aromatic heterocycles. The molecule has 0 unspecified atom stereocenters. The van der Waals surface area contributed by atoms with Crippen LogP contribution in [-0.2, 0) is 0 Å². The van der Waals surface area contributed by atoms with Crippen molar-refractivity contribution < 1.29 is 4.79 Å². The SMILES string of the molecule is Cc1cc(C(=O)Nc2ccc(N)c(Cl)c2)ccn1. The number of aryl methyl sites for hydroxylation is 1. The van der Waals surface area contributed by atoms with Gasteiger partial charge < -0.3 is 11.1 Å². The van der Waals surface area contributed by atoms with Crippen LogP contribution in [0.5, 0.6) is 0 Å². The van der Waals surface area contributed by atoms with Crippen LogP contribution < -0.4 is 11.1 Å². The number of rotatable bonds is 2. The summed E-state index contributed by atoms with van der Waals surface area (Å²) in [5, 5.41) is 3.16. The Bertz CT molecular complexity index is 599. The molecule has 2 aromatic rings. The van der Waals surface area contributed by atoms with E-state index in [2.05, 4.69) is 10.3 Å². The van der Waals surface area contributed by atoms with Crippen molar-refractivity contribution in [2.24, 2.45) is 0 Å². The molecule has 1 amide bonds. The van der Waals surface area contributed by atoms with Crippen LogP contribution >= 0.6 is 11.6 Å². The number of nitrogens with two attached hydrogens (primary N) is 1. The summed E-state index contributed by atoms with van der Waals surface area (Å²) < 4.78 is 0. The summed E-state index contributed by atoms with van der Waals surface area (Å²) in [6.07, 6.45) is 1.60. The van der Waals surface area contributed by atoms with E-state index in [0.717, 1.165) is 5.69 Å². The van der Waals surface area contributed by atoms with Crippen LogP contribution in [0.2, 0.25) is 5.02 Å². The minimum Gasteiger partial charge on any atom is -0.398 e. The highest BCUT2D eigenvalue weighted by Crippen LogP contribution is 2.22.